The number of aliphatic carboxylic acids is 2. The molecule has 67 heavy (non-hydrogen) atoms. The molecule has 18 N–H and O–H groups in total. The van der Waals surface area contributed by atoms with Gasteiger partial charge >= 0.3 is 11.9 Å². The number of carbonyl (C=O) groups excluding carboxylic acids is 8. The summed E-state index contributed by atoms with van der Waals surface area (Å²) < 4.78 is 0. The molecule has 0 aromatic heterocycles. The molecule has 0 aliphatic heterocycles. The monoisotopic (exact) mass is 954 g/mol. The van der Waals surface area contributed by atoms with Gasteiger partial charge in [0.15, 0.2) is 0 Å². The van der Waals surface area contributed by atoms with E-state index in [1.807, 2.05) is 0 Å². The van der Waals surface area contributed by atoms with Crippen LogP contribution in [-0.2, 0) is 54.4 Å². The molecule has 1 aromatic carbocycles. The molecule has 0 heterocycles. The van der Waals surface area contributed by atoms with Crippen LogP contribution in [0.4, 0.5) is 0 Å². The molecule has 0 saturated heterocycles. The van der Waals surface area contributed by atoms with E-state index < -0.39 is 146 Å². The van der Waals surface area contributed by atoms with Gasteiger partial charge in [-0.2, -0.15) is 0 Å². The summed E-state index contributed by atoms with van der Waals surface area (Å²) in [6.07, 6.45) is -3.81. The van der Waals surface area contributed by atoms with E-state index in [1.54, 1.807) is 44.2 Å². The summed E-state index contributed by atoms with van der Waals surface area (Å²) in [7, 11) is 0. The molecule has 0 unspecified atom stereocenters. The van der Waals surface area contributed by atoms with Crippen LogP contribution in [0.3, 0.4) is 0 Å². The molecule has 0 spiro atoms. The van der Waals surface area contributed by atoms with Crippen molar-refractivity contribution >= 4 is 59.2 Å². The SMILES string of the molecule is CC(C)C[C@H](NC(=O)[C@H](CC(=O)O)NC(=O)[C@H](CO)NC(=O)[C@@H](NC(=O)[C@H](Cc1ccccc1)NC(=O)[C@@H](NC(=O)CN)[C@@H](C)O)[C@@H](C)O)C(=O)N[C@@H](CO)C(=O)N[C@@H](CCCCN)C(=O)O. The quantitative estimate of drug-likeness (QED) is 0.0308. The van der Waals surface area contributed by atoms with E-state index in [4.69, 9.17) is 11.5 Å². The smallest absolute Gasteiger partial charge is 0.326 e. The van der Waals surface area contributed by atoms with Gasteiger partial charge in [-0.15, -0.1) is 0 Å². The Bertz CT molecular complexity index is 1840. The van der Waals surface area contributed by atoms with E-state index in [0.29, 0.717) is 18.4 Å². The van der Waals surface area contributed by atoms with Crippen molar-refractivity contribution in [3.63, 3.8) is 0 Å². The van der Waals surface area contributed by atoms with Crippen LogP contribution in [0.25, 0.3) is 0 Å². The fourth-order valence-electron chi connectivity index (χ4n) is 6.19. The molecule has 10 atom stereocenters. The Hall–Kier alpha value is -6.32. The number of nitrogens with two attached hydrogens (primary N) is 2. The van der Waals surface area contributed by atoms with Crippen molar-refractivity contribution in [3.05, 3.63) is 35.9 Å². The van der Waals surface area contributed by atoms with Crippen molar-refractivity contribution in [2.24, 2.45) is 17.4 Å². The van der Waals surface area contributed by atoms with Gasteiger partial charge in [-0.25, -0.2) is 4.79 Å². The third-order valence-electron chi connectivity index (χ3n) is 9.79. The maximum Gasteiger partial charge on any atom is 0.326 e. The maximum absolute atomic E-state index is 13.7. The molecule has 0 bridgehead atoms. The Morgan fingerprint density at radius 3 is 1.43 bits per heavy atom. The number of hydrogen-bond donors (Lipinski definition) is 16. The summed E-state index contributed by atoms with van der Waals surface area (Å²) in [4.78, 5) is 129. The number of carbonyl (C=O) groups is 10. The Morgan fingerprint density at radius 1 is 0.537 bits per heavy atom. The number of carboxylic acids is 2. The second kappa shape index (κ2) is 30.1. The van der Waals surface area contributed by atoms with Gasteiger partial charge in [0.2, 0.25) is 47.3 Å². The van der Waals surface area contributed by atoms with Gasteiger partial charge in [0.05, 0.1) is 38.4 Å². The second-order valence-electron chi connectivity index (χ2n) is 16.0. The second-order valence-corrected chi connectivity index (χ2v) is 16.0. The molecule has 376 valence electrons. The first kappa shape index (κ1) is 58.7. The van der Waals surface area contributed by atoms with Crippen LogP contribution in [-0.4, -0.2) is 177 Å². The van der Waals surface area contributed by atoms with Gasteiger partial charge in [-0.05, 0) is 57.6 Å². The topological polar surface area (TPSA) is 440 Å². The molecule has 0 aliphatic carbocycles. The van der Waals surface area contributed by atoms with Gasteiger partial charge < -0.3 is 84.6 Å². The number of unbranched alkanes of at least 4 members (excludes halogenated alkanes) is 1. The molecule has 0 aliphatic rings. The van der Waals surface area contributed by atoms with Crippen LogP contribution in [0.1, 0.15) is 65.4 Å². The Balaban J connectivity index is 3.29. The number of amides is 8. The van der Waals surface area contributed by atoms with Crippen molar-refractivity contribution in [2.45, 2.75) is 127 Å². The summed E-state index contributed by atoms with van der Waals surface area (Å²) in [6.45, 7) is 3.14. The highest BCUT2D eigenvalue weighted by Crippen LogP contribution is 2.10. The Kier molecular flexibility index (Phi) is 26.3. The van der Waals surface area contributed by atoms with E-state index in [9.17, 15) is 78.6 Å². The number of rotatable bonds is 31. The third kappa shape index (κ3) is 21.2. The van der Waals surface area contributed by atoms with E-state index in [1.165, 1.54) is 6.92 Å². The average molecular weight is 955 g/mol. The minimum Gasteiger partial charge on any atom is -0.481 e. The lowest BCUT2D eigenvalue weighted by molar-refractivity contribution is -0.143. The van der Waals surface area contributed by atoms with Gasteiger partial charge in [0, 0.05) is 6.42 Å². The zero-order valence-electron chi connectivity index (χ0n) is 37.7. The third-order valence-corrected chi connectivity index (χ3v) is 9.79. The molecule has 0 fully saturated rings. The van der Waals surface area contributed by atoms with Crippen molar-refractivity contribution in [1.29, 1.82) is 0 Å². The molecular weight excluding hydrogens is 889 g/mol. The zero-order chi connectivity index (χ0) is 51.0. The summed E-state index contributed by atoms with van der Waals surface area (Å²) in [5.41, 5.74) is 11.3. The average Bonchev–Trinajstić information content (AvgIpc) is 3.26. The first-order valence-corrected chi connectivity index (χ1v) is 21.4. The standard InChI is InChI=1S/C41H66N10O16/c1-20(2)14-25(34(59)48-28(18-52)37(62)44-24(41(66)67)12-8-9-13-42)45-35(60)27(16-31(57)58)46-38(63)29(19-53)49-40(65)33(22(4)55)51-36(61)26(15-23-10-6-5-7-11-23)47-39(64)32(21(3)54)50-30(56)17-43/h5-7,10-11,20-22,24-29,32-33,52-55H,8-9,12-19,42-43H2,1-4H3,(H,44,62)(H,45,60)(H,46,63)(H,47,64)(H,48,59)(H,49,65)(H,50,56)(H,51,61)(H,57,58)(H,66,67)/t21-,22-,24+,25+,26+,27+,28+,29+,32+,33+/m1/s1. The Morgan fingerprint density at radius 2 is 0.970 bits per heavy atom. The molecule has 26 nitrogen and oxygen atoms in total. The lowest BCUT2D eigenvalue weighted by Crippen LogP contribution is -2.63. The normalized spacial score (nSPS) is 15.6. The number of hydrogen-bond acceptors (Lipinski definition) is 16. The fourth-order valence-corrected chi connectivity index (χ4v) is 6.19. The van der Waals surface area contributed by atoms with E-state index in [-0.39, 0.29) is 31.7 Å². The number of carboxylic acid groups (broad SMARTS) is 2. The Labute approximate surface area is 386 Å². The van der Waals surface area contributed by atoms with Crippen LogP contribution in [0.5, 0.6) is 0 Å². The highest BCUT2D eigenvalue weighted by molar-refractivity contribution is 5.99. The number of nitrogens with one attached hydrogen (secondary N) is 8. The van der Waals surface area contributed by atoms with Crippen molar-refractivity contribution in [3.8, 4) is 0 Å². The van der Waals surface area contributed by atoms with Gasteiger partial charge in [-0.1, -0.05) is 44.2 Å². The molecule has 26 heteroatoms. The summed E-state index contributed by atoms with van der Waals surface area (Å²) in [5, 5.41) is 77.7. The predicted molar refractivity (Wildman–Crippen MR) is 234 cm³/mol. The van der Waals surface area contributed by atoms with E-state index in [2.05, 4.69) is 42.5 Å². The molecule has 1 aromatic rings. The van der Waals surface area contributed by atoms with Gasteiger partial charge in [0.25, 0.3) is 0 Å². The van der Waals surface area contributed by atoms with Crippen molar-refractivity contribution in [1.82, 2.24) is 42.5 Å². The number of aliphatic hydroxyl groups excluding tert-OH is 4. The minimum atomic E-state index is -1.98. The molecule has 1 rings (SSSR count). The van der Waals surface area contributed by atoms with Crippen LogP contribution < -0.4 is 54.0 Å². The zero-order valence-corrected chi connectivity index (χ0v) is 37.7. The van der Waals surface area contributed by atoms with Gasteiger partial charge in [0.1, 0.15) is 48.3 Å². The van der Waals surface area contributed by atoms with Gasteiger partial charge in [-0.3, -0.25) is 43.2 Å². The maximum atomic E-state index is 13.7. The van der Waals surface area contributed by atoms with Crippen LogP contribution in [0.15, 0.2) is 30.3 Å². The van der Waals surface area contributed by atoms with E-state index in [0.717, 1.165) is 6.92 Å². The molecule has 0 saturated carbocycles. The number of aliphatic hydroxyl groups is 4. The molecule has 8 amide bonds. The van der Waals surface area contributed by atoms with Crippen molar-refractivity contribution in [2.75, 3.05) is 26.3 Å². The molecule has 0 radical (unpaired) electrons. The van der Waals surface area contributed by atoms with Crippen LogP contribution in [0.2, 0.25) is 0 Å². The lowest BCUT2D eigenvalue weighted by atomic mass is 10.0. The summed E-state index contributed by atoms with van der Waals surface area (Å²) in [6, 6.07) is -5.35. The molecular formula is C41H66N10O16. The first-order valence-electron chi connectivity index (χ1n) is 21.4. The van der Waals surface area contributed by atoms with E-state index >= 15 is 0 Å². The summed E-state index contributed by atoms with van der Waals surface area (Å²) in [5.74, 6) is -12.2. The summed E-state index contributed by atoms with van der Waals surface area (Å²) >= 11 is 0. The minimum absolute atomic E-state index is 0.00499. The van der Waals surface area contributed by atoms with Crippen molar-refractivity contribution < 1.29 is 78.6 Å². The first-order chi connectivity index (χ1) is 31.5. The van der Waals surface area contributed by atoms with Crippen LogP contribution in [0, 0.1) is 5.92 Å². The largest absolute Gasteiger partial charge is 0.481 e. The number of benzene rings is 1. The highest BCUT2D eigenvalue weighted by atomic mass is 16.4. The highest BCUT2D eigenvalue weighted by Gasteiger charge is 2.37. The van der Waals surface area contributed by atoms with Crippen LogP contribution >= 0.6 is 0 Å². The fraction of sp³-hybridized carbons (Fsp3) is 0.610. The lowest BCUT2D eigenvalue weighted by Gasteiger charge is -2.28. The predicted octanol–water partition coefficient (Wildman–Crippen LogP) is -6.45.